The Morgan fingerprint density at radius 3 is 2.22 bits per heavy atom. The van der Waals surface area contributed by atoms with Crippen LogP contribution in [0.5, 0.6) is 0 Å². The molecule has 2 N–H and O–H groups in total. The van der Waals surface area contributed by atoms with Gasteiger partial charge in [0.15, 0.2) is 5.60 Å². The van der Waals surface area contributed by atoms with Gasteiger partial charge in [0.05, 0.1) is 0 Å². The van der Waals surface area contributed by atoms with Crippen LogP contribution in [0, 0.1) is 18.6 Å². The number of aryl methyl sites for hydroxylation is 1. The summed E-state index contributed by atoms with van der Waals surface area (Å²) in [5.41, 5.74) is -0.305. The quantitative estimate of drug-likeness (QED) is 0.865. The van der Waals surface area contributed by atoms with Crippen molar-refractivity contribution in [2.75, 3.05) is 13.1 Å². The molecule has 1 aliphatic rings. The number of hydrogen-bond acceptors (Lipinski definition) is 3. The highest BCUT2D eigenvalue weighted by molar-refractivity contribution is 5.95. The zero-order valence-electron chi connectivity index (χ0n) is 14.7. The van der Waals surface area contributed by atoms with E-state index in [1.54, 1.807) is 6.92 Å². The number of likely N-dealkylation sites (tertiary alicyclic amines) is 1. The first kappa shape index (κ1) is 19.0. The third-order valence-corrected chi connectivity index (χ3v) is 4.97. The summed E-state index contributed by atoms with van der Waals surface area (Å²) in [5.74, 6) is -2.74. The van der Waals surface area contributed by atoms with Crippen molar-refractivity contribution in [2.24, 2.45) is 0 Å². The number of carbonyl (C=O) groups is 2. The molecule has 7 heteroatoms. The van der Waals surface area contributed by atoms with Crippen LogP contribution in [0.3, 0.4) is 0 Å². The maximum Gasteiger partial charge on any atom is 0.335 e. The summed E-state index contributed by atoms with van der Waals surface area (Å²) in [5, 5.41) is 19.0. The van der Waals surface area contributed by atoms with Gasteiger partial charge in [0.1, 0.15) is 11.6 Å². The van der Waals surface area contributed by atoms with Crippen molar-refractivity contribution in [1.82, 2.24) is 4.90 Å². The fraction of sp³-hybridized carbons (Fsp3) is 0.300. The molecule has 0 bridgehead atoms. The Morgan fingerprint density at radius 2 is 1.67 bits per heavy atom. The van der Waals surface area contributed by atoms with Gasteiger partial charge in [0.25, 0.3) is 5.91 Å². The SMILES string of the molecule is Cc1cc(F)ccc1-c1ccc(C(=O)N2CCC(O)(C(=O)O)CC2)cc1F. The lowest BCUT2D eigenvalue weighted by Gasteiger charge is -2.35. The third kappa shape index (κ3) is 3.68. The highest BCUT2D eigenvalue weighted by atomic mass is 19.1. The van der Waals surface area contributed by atoms with Gasteiger partial charge in [-0.15, -0.1) is 0 Å². The second-order valence-corrected chi connectivity index (χ2v) is 6.78. The molecule has 0 radical (unpaired) electrons. The number of aliphatic carboxylic acids is 1. The van der Waals surface area contributed by atoms with Crippen molar-refractivity contribution in [3.8, 4) is 11.1 Å². The van der Waals surface area contributed by atoms with E-state index in [-0.39, 0.29) is 37.1 Å². The first-order valence-electron chi connectivity index (χ1n) is 8.52. The molecule has 0 unspecified atom stereocenters. The molecule has 2 aromatic rings. The van der Waals surface area contributed by atoms with E-state index in [0.717, 1.165) is 6.07 Å². The van der Waals surface area contributed by atoms with Crippen molar-refractivity contribution in [2.45, 2.75) is 25.4 Å². The zero-order valence-corrected chi connectivity index (χ0v) is 14.7. The summed E-state index contributed by atoms with van der Waals surface area (Å²) < 4.78 is 27.8. The molecule has 27 heavy (non-hydrogen) atoms. The Kier molecular flexibility index (Phi) is 4.97. The first-order valence-corrected chi connectivity index (χ1v) is 8.52. The number of carboxylic acids is 1. The molecule has 1 saturated heterocycles. The van der Waals surface area contributed by atoms with Crippen LogP contribution in [0.4, 0.5) is 8.78 Å². The second kappa shape index (κ2) is 7.08. The van der Waals surface area contributed by atoms with Crippen molar-refractivity contribution in [1.29, 1.82) is 0 Å². The van der Waals surface area contributed by atoms with Gasteiger partial charge in [-0.1, -0.05) is 12.1 Å². The Balaban J connectivity index is 1.80. The van der Waals surface area contributed by atoms with E-state index in [1.807, 2.05) is 0 Å². The van der Waals surface area contributed by atoms with E-state index in [9.17, 15) is 23.5 Å². The Hall–Kier alpha value is -2.80. The van der Waals surface area contributed by atoms with Crippen LogP contribution >= 0.6 is 0 Å². The number of hydrogen-bond donors (Lipinski definition) is 2. The summed E-state index contributed by atoms with van der Waals surface area (Å²) in [6, 6.07) is 8.13. The number of benzene rings is 2. The summed E-state index contributed by atoms with van der Waals surface area (Å²) in [7, 11) is 0. The number of rotatable bonds is 3. The van der Waals surface area contributed by atoms with Gasteiger partial charge in [0, 0.05) is 37.1 Å². The highest BCUT2D eigenvalue weighted by Crippen LogP contribution is 2.29. The fourth-order valence-electron chi connectivity index (χ4n) is 3.27. The Labute approximate surface area is 154 Å². The molecule has 3 rings (SSSR count). The van der Waals surface area contributed by atoms with Crippen LogP contribution in [0.2, 0.25) is 0 Å². The molecule has 0 spiro atoms. The third-order valence-electron chi connectivity index (χ3n) is 4.97. The van der Waals surface area contributed by atoms with Crippen LogP contribution in [0.15, 0.2) is 36.4 Å². The molecular formula is C20H19F2NO4. The first-order chi connectivity index (χ1) is 12.7. The number of amides is 1. The molecule has 1 heterocycles. The highest BCUT2D eigenvalue weighted by Gasteiger charge is 2.40. The Morgan fingerprint density at radius 1 is 1.04 bits per heavy atom. The molecule has 0 atom stereocenters. The summed E-state index contributed by atoms with van der Waals surface area (Å²) >= 11 is 0. The summed E-state index contributed by atoms with van der Waals surface area (Å²) in [6.07, 6.45) is -0.160. The fourth-order valence-corrected chi connectivity index (χ4v) is 3.27. The van der Waals surface area contributed by atoms with E-state index < -0.39 is 29.1 Å². The Bertz CT molecular complexity index is 905. The van der Waals surface area contributed by atoms with Gasteiger partial charge in [0.2, 0.25) is 0 Å². The number of carbonyl (C=O) groups excluding carboxylic acids is 1. The van der Waals surface area contributed by atoms with Gasteiger partial charge in [-0.3, -0.25) is 4.79 Å². The van der Waals surface area contributed by atoms with E-state index in [2.05, 4.69) is 0 Å². The minimum absolute atomic E-state index is 0.0715. The number of aliphatic hydroxyl groups is 1. The van der Waals surface area contributed by atoms with Crippen molar-refractivity contribution >= 4 is 11.9 Å². The lowest BCUT2D eigenvalue weighted by atomic mass is 9.91. The van der Waals surface area contributed by atoms with Crippen molar-refractivity contribution in [3.63, 3.8) is 0 Å². The average Bonchev–Trinajstić information content (AvgIpc) is 2.62. The summed E-state index contributed by atoms with van der Waals surface area (Å²) in [6.45, 7) is 1.82. The zero-order chi connectivity index (χ0) is 19.8. The van der Waals surface area contributed by atoms with Gasteiger partial charge in [-0.05, 0) is 42.3 Å². The topological polar surface area (TPSA) is 77.8 Å². The molecule has 0 saturated carbocycles. The van der Waals surface area contributed by atoms with Gasteiger partial charge in [-0.2, -0.15) is 0 Å². The number of halogens is 2. The molecule has 142 valence electrons. The standard InChI is InChI=1S/C20H19F2NO4/c1-12-10-14(21)3-5-15(12)16-4-2-13(11-17(16)22)18(24)23-8-6-20(27,7-9-23)19(25)26/h2-5,10-11,27H,6-9H2,1H3,(H,25,26). The molecule has 1 fully saturated rings. The average molecular weight is 375 g/mol. The van der Waals surface area contributed by atoms with Gasteiger partial charge < -0.3 is 15.1 Å². The molecule has 1 aliphatic heterocycles. The molecule has 0 aliphatic carbocycles. The summed E-state index contributed by atoms with van der Waals surface area (Å²) in [4.78, 5) is 25.0. The minimum atomic E-state index is -1.83. The lowest BCUT2D eigenvalue weighted by Crippen LogP contribution is -2.50. The van der Waals surface area contributed by atoms with Crippen molar-refractivity contribution in [3.05, 3.63) is 59.2 Å². The molecule has 2 aromatic carbocycles. The number of nitrogens with zero attached hydrogens (tertiary/aromatic N) is 1. The molecule has 1 amide bonds. The minimum Gasteiger partial charge on any atom is -0.479 e. The van der Waals surface area contributed by atoms with Crippen LogP contribution in [0.25, 0.3) is 11.1 Å². The molecule has 5 nitrogen and oxygen atoms in total. The molecule has 0 aromatic heterocycles. The van der Waals surface area contributed by atoms with E-state index in [4.69, 9.17) is 5.11 Å². The maximum absolute atomic E-state index is 14.6. The smallest absolute Gasteiger partial charge is 0.335 e. The number of carboxylic acid groups (broad SMARTS) is 1. The second-order valence-electron chi connectivity index (χ2n) is 6.78. The normalized spacial score (nSPS) is 16.2. The monoisotopic (exact) mass is 375 g/mol. The largest absolute Gasteiger partial charge is 0.479 e. The van der Waals surface area contributed by atoms with E-state index in [1.165, 1.54) is 35.2 Å². The van der Waals surface area contributed by atoms with Gasteiger partial charge in [-0.25, -0.2) is 13.6 Å². The van der Waals surface area contributed by atoms with Gasteiger partial charge >= 0.3 is 5.97 Å². The predicted octanol–water partition coefficient (Wildman–Crippen LogP) is 2.99. The van der Waals surface area contributed by atoms with Crippen LogP contribution < -0.4 is 0 Å². The van der Waals surface area contributed by atoms with E-state index in [0.29, 0.717) is 11.1 Å². The van der Waals surface area contributed by atoms with E-state index >= 15 is 0 Å². The maximum atomic E-state index is 14.6. The van der Waals surface area contributed by atoms with Crippen LogP contribution in [0.1, 0.15) is 28.8 Å². The van der Waals surface area contributed by atoms with Crippen LogP contribution in [-0.4, -0.2) is 45.7 Å². The predicted molar refractivity (Wildman–Crippen MR) is 94.3 cm³/mol. The lowest BCUT2D eigenvalue weighted by molar-refractivity contribution is -0.162. The van der Waals surface area contributed by atoms with Crippen molar-refractivity contribution < 1.29 is 28.6 Å². The van der Waals surface area contributed by atoms with Crippen LogP contribution in [-0.2, 0) is 4.79 Å². The number of piperidine rings is 1. The molecular weight excluding hydrogens is 356 g/mol.